The van der Waals surface area contributed by atoms with Crippen LogP contribution in [0.25, 0.3) is 22.2 Å². The Labute approximate surface area is 223 Å². The maximum atomic E-state index is 14.6. The summed E-state index contributed by atoms with van der Waals surface area (Å²) in [5.41, 5.74) is 3.34. The van der Waals surface area contributed by atoms with Crippen molar-refractivity contribution >= 4 is 22.6 Å². The number of carboxylic acids is 1. The molecule has 0 spiro atoms. The Morgan fingerprint density at radius 3 is 2.49 bits per heavy atom. The Morgan fingerprint density at radius 2 is 1.82 bits per heavy atom. The third-order valence-corrected chi connectivity index (χ3v) is 8.55. The molecule has 2 aliphatic heterocycles. The van der Waals surface area contributed by atoms with Crippen LogP contribution < -0.4 is 4.90 Å². The normalized spacial score (nSPS) is 22.6. The van der Waals surface area contributed by atoms with Crippen molar-refractivity contribution in [1.29, 1.82) is 0 Å². The average molecular weight is 535 g/mol. The zero-order valence-electron chi connectivity index (χ0n) is 21.5. The number of hydrogen-bond donors (Lipinski definition) is 1. The highest BCUT2D eigenvalue weighted by molar-refractivity contribution is 5.94. The van der Waals surface area contributed by atoms with Crippen LogP contribution in [-0.4, -0.2) is 34.4 Å². The van der Waals surface area contributed by atoms with Gasteiger partial charge in [0.25, 0.3) is 0 Å². The number of furan rings is 1. The van der Waals surface area contributed by atoms with E-state index in [1.807, 2.05) is 19.1 Å². The largest absolute Gasteiger partial charge is 0.475 e. The van der Waals surface area contributed by atoms with E-state index >= 15 is 0 Å². The SMILES string of the molecule is Cc1c(N2C3CCC2CC(OCc2c(-c4c(F)cccc4F)noc2C2CC2)C3)ccc2oc(C(=O)O)cc12. The number of aromatic nitrogens is 1. The molecule has 0 radical (unpaired) electrons. The van der Waals surface area contributed by atoms with E-state index in [1.165, 1.54) is 18.2 Å². The summed E-state index contributed by atoms with van der Waals surface area (Å²) in [5, 5.41) is 14.2. The lowest BCUT2D eigenvalue weighted by atomic mass is 9.96. The molecule has 7 rings (SSSR count). The van der Waals surface area contributed by atoms with E-state index in [0.29, 0.717) is 16.9 Å². The number of aromatic carboxylic acids is 1. The van der Waals surface area contributed by atoms with Crippen LogP contribution in [-0.2, 0) is 11.3 Å². The third-order valence-electron chi connectivity index (χ3n) is 8.55. The second-order valence-corrected chi connectivity index (χ2v) is 11.0. The molecule has 1 aliphatic carbocycles. The first-order valence-corrected chi connectivity index (χ1v) is 13.5. The van der Waals surface area contributed by atoms with E-state index in [2.05, 4.69) is 10.1 Å². The van der Waals surface area contributed by atoms with E-state index in [4.69, 9.17) is 13.7 Å². The molecule has 2 unspecified atom stereocenters. The van der Waals surface area contributed by atoms with Crippen LogP contribution >= 0.6 is 0 Å². The predicted molar refractivity (Wildman–Crippen MR) is 139 cm³/mol. The van der Waals surface area contributed by atoms with Gasteiger partial charge < -0.3 is 23.7 Å². The van der Waals surface area contributed by atoms with Crippen molar-refractivity contribution in [2.24, 2.45) is 0 Å². The summed E-state index contributed by atoms with van der Waals surface area (Å²) in [6, 6.07) is 9.83. The summed E-state index contributed by atoms with van der Waals surface area (Å²) in [4.78, 5) is 13.9. The Kier molecular flexibility index (Phi) is 5.73. The van der Waals surface area contributed by atoms with Gasteiger partial charge in [0.1, 0.15) is 28.7 Å². The summed E-state index contributed by atoms with van der Waals surface area (Å²) in [6.45, 7) is 2.20. The van der Waals surface area contributed by atoms with E-state index in [1.54, 1.807) is 6.07 Å². The fraction of sp³-hybridized carbons (Fsp3) is 0.400. The van der Waals surface area contributed by atoms with E-state index < -0.39 is 17.6 Å². The number of halogens is 2. The van der Waals surface area contributed by atoms with Gasteiger partial charge in [-0.25, -0.2) is 13.6 Å². The lowest BCUT2D eigenvalue weighted by molar-refractivity contribution is 0.0147. The number of hydrogen-bond acceptors (Lipinski definition) is 6. The molecule has 3 aliphatic rings. The van der Waals surface area contributed by atoms with Crippen LogP contribution in [0.2, 0.25) is 0 Å². The zero-order valence-corrected chi connectivity index (χ0v) is 21.5. The van der Waals surface area contributed by atoms with Gasteiger partial charge in [0.2, 0.25) is 5.76 Å². The summed E-state index contributed by atoms with van der Waals surface area (Å²) >= 11 is 0. The molecule has 2 aromatic carbocycles. The van der Waals surface area contributed by atoms with E-state index in [-0.39, 0.29) is 47.7 Å². The number of ether oxygens (including phenoxy) is 1. The summed E-state index contributed by atoms with van der Waals surface area (Å²) < 4.78 is 46.8. The van der Waals surface area contributed by atoms with Gasteiger partial charge >= 0.3 is 5.97 Å². The molecule has 2 bridgehead atoms. The number of anilines is 1. The molecule has 2 atom stereocenters. The molecular weight excluding hydrogens is 506 g/mol. The second kappa shape index (κ2) is 9.19. The molecule has 0 amide bonds. The molecule has 2 aromatic heterocycles. The summed E-state index contributed by atoms with van der Waals surface area (Å²) in [6.07, 6.45) is 5.67. The third kappa shape index (κ3) is 4.11. The van der Waals surface area contributed by atoms with Crippen LogP contribution in [0, 0.1) is 18.6 Å². The van der Waals surface area contributed by atoms with Crippen LogP contribution in [0.15, 0.2) is 45.3 Å². The van der Waals surface area contributed by atoms with Gasteiger partial charge in [0.05, 0.1) is 18.3 Å². The van der Waals surface area contributed by atoms with Crippen molar-refractivity contribution in [3.05, 3.63) is 70.7 Å². The minimum atomic E-state index is -1.08. The highest BCUT2D eigenvalue weighted by Crippen LogP contribution is 2.46. The van der Waals surface area contributed by atoms with Gasteiger partial charge in [-0.3, -0.25) is 0 Å². The lowest BCUT2D eigenvalue weighted by Gasteiger charge is -2.41. The molecule has 3 fully saturated rings. The van der Waals surface area contributed by atoms with Gasteiger partial charge in [-0.2, -0.15) is 0 Å². The highest BCUT2D eigenvalue weighted by Gasteiger charge is 2.42. The van der Waals surface area contributed by atoms with Crippen molar-refractivity contribution < 1.29 is 32.4 Å². The summed E-state index contributed by atoms with van der Waals surface area (Å²) in [7, 11) is 0. The number of nitrogens with zero attached hydrogens (tertiary/aromatic N) is 2. The molecule has 1 saturated carbocycles. The smallest absolute Gasteiger partial charge is 0.371 e. The minimum absolute atomic E-state index is 0.00408. The number of rotatable bonds is 7. The Bertz CT molecular complexity index is 1560. The first-order valence-electron chi connectivity index (χ1n) is 13.5. The zero-order chi connectivity index (χ0) is 26.8. The van der Waals surface area contributed by atoms with Crippen LogP contribution in [0.1, 0.15) is 71.9 Å². The highest BCUT2D eigenvalue weighted by atomic mass is 19.1. The lowest BCUT2D eigenvalue weighted by Crippen LogP contribution is -2.45. The molecule has 39 heavy (non-hydrogen) atoms. The maximum Gasteiger partial charge on any atom is 0.371 e. The van der Waals surface area contributed by atoms with Crippen molar-refractivity contribution in [3.63, 3.8) is 0 Å². The van der Waals surface area contributed by atoms with Crippen LogP contribution in [0.5, 0.6) is 0 Å². The first-order chi connectivity index (χ1) is 18.9. The Hall–Kier alpha value is -3.72. The second-order valence-electron chi connectivity index (χ2n) is 11.0. The number of fused-ring (bicyclic) bond motifs is 3. The molecule has 2 saturated heterocycles. The predicted octanol–water partition coefficient (Wildman–Crippen LogP) is 6.97. The van der Waals surface area contributed by atoms with E-state index in [9.17, 15) is 18.7 Å². The van der Waals surface area contributed by atoms with Crippen LogP contribution in [0.3, 0.4) is 0 Å². The number of carbonyl (C=O) groups is 1. The number of carboxylic acid groups (broad SMARTS) is 1. The summed E-state index contributed by atoms with van der Waals surface area (Å²) in [5.74, 6) is -1.58. The topological polar surface area (TPSA) is 88.9 Å². The molecule has 4 heterocycles. The number of aryl methyl sites for hydroxylation is 1. The molecule has 202 valence electrons. The minimum Gasteiger partial charge on any atom is -0.475 e. The fourth-order valence-corrected chi connectivity index (χ4v) is 6.53. The number of piperidine rings is 1. The van der Waals surface area contributed by atoms with Crippen molar-refractivity contribution in [2.75, 3.05) is 4.90 Å². The van der Waals surface area contributed by atoms with Gasteiger partial charge in [0.15, 0.2) is 0 Å². The van der Waals surface area contributed by atoms with Gasteiger partial charge in [-0.15, -0.1) is 0 Å². The Balaban J connectivity index is 1.12. The maximum absolute atomic E-state index is 14.6. The molecule has 1 N–H and O–H groups in total. The van der Waals surface area contributed by atoms with Gasteiger partial charge in [-0.05, 0) is 81.3 Å². The first kappa shape index (κ1) is 24.3. The molecule has 9 heteroatoms. The monoisotopic (exact) mass is 534 g/mol. The average Bonchev–Trinajstić information content (AvgIpc) is 3.42. The van der Waals surface area contributed by atoms with Crippen molar-refractivity contribution in [1.82, 2.24) is 5.16 Å². The van der Waals surface area contributed by atoms with Crippen LogP contribution in [0.4, 0.5) is 14.5 Å². The van der Waals surface area contributed by atoms with Gasteiger partial charge in [0, 0.05) is 34.6 Å². The number of benzene rings is 2. The molecule has 7 nitrogen and oxygen atoms in total. The van der Waals surface area contributed by atoms with Crippen molar-refractivity contribution in [3.8, 4) is 11.3 Å². The molecular formula is C30H28F2N2O5. The molecule has 4 aromatic rings. The van der Waals surface area contributed by atoms with Gasteiger partial charge in [-0.1, -0.05) is 11.2 Å². The fourth-order valence-electron chi connectivity index (χ4n) is 6.53. The quantitative estimate of drug-likeness (QED) is 0.274. The van der Waals surface area contributed by atoms with E-state index in [0.717, 1.165) is 55.2 Å². The van der Waals surface area contributed by atoms with Crippen molar-refractivity contribution in [2.45, 2.75) is 76.2 Å². The Morgan fingerprint density at radius 1 is 1.10 bits per heavy atom. The standard InChI is InChI=1S/C30H28F2N2O5/c1-15-20-13-26(30(35)36)38-25(20)10-9-24(15)34-17-7-8-18(34)12-19(11-17)37-14-21-28(33-39-29(21)16-5-6-16)27-22(31)3-2-4-23(27)32/h2-4,9-10,13,16-19H,5-8,11-12,14H2,1H3,(H,35,36).